The highest BCUT2D eigenvalue weighted by Gasteiger charge is 2.07. The van der Waals surface area contributed by atoms with E-state index in [2.05, 4.69) is 40.0 Å². The monoisotopic (exact) mass is 288 g/mol. The van der Waals surface area contributed by atoms with E-state index in [1.54, 1.807) is 4.68 Å². The van der Waals surface area contributed by atoms with Crippen LogP contribution in [-0.4, -0.2) is 32.8 Å². The lowest BCUT2D eigenvalue weighted by Gasteiger charge is -2.11. The van der Waals surface area contributed by atoms with E-state index in [-0.39, 0.29) is 6.03 Å². The van der Waals surface area contributed by atoms with Crippen molar-refractivity contribution >= 4 is 11.7 Å². The molecule has 0 atom stereocenters. The number of aryl methyl sites for hydroxylation is 1. The number of hydrogen-bond donors (Lipinski definition) is 2. The van der Waals surface area contributed by atoms with Gasteiger partial charge in [0.15, 0.2) is 0 Å². The third kappa shape index (κ3) is 4.27. The average Bonchev–Trinajstić information content (AvgIpc) is 2.94. The fraction of sp³-hybridized carbons (Fsp3) is 0.429. The summed E-state index contributed by atoms with van der Waals surface area (Å²) in [6.07, 6.45) is 2.48. The Labute approximate surface area is 123 Å². The second kappa shape index (κ2) is 6.83. The number of anilines is 1. The van der Waals surface area contributed by atoms with Crippen LogP contribution in [0.15, 0.2) is 24.5 Å². The molecule has 2 rings (SSSR count). The van der Waals surface area contributed by atoms with Crippen molar-refractivity contribution in [1.82, 2.24) is 25.5 Å². The molecule has 2 aromatic rings. The van der Waals surface area contributed by atoms with Gasteiger partial charge in [-0.2, -0.15) is 0 Å². The molecule has 0 aliphatic carbocycles. The number of amides is 2. The van der Waals surface area contributed by atoms with Gasteiger partial charge in [-0.05, 0) is 47.4 Å². The number of tetrazole rings is 1. The first-order valence-corrected chi connectivity index (χ1v) is 6.95. The van der Waals surface area contributed by atoms with Crippen molar-refractivity contribution in [1.29, 1.82) is 0 Å². The maximum atomic E-state index is 11.8. The van der Waals surface area contributed by atoms with Crippen molar-refractivity contribution in [3.8, 4) is 5.69 Å². The van der Waals surface area contributed by atoms with E-state index in [0.717, 1.165) is 17.7 Å². The second-order valence-corrected chi connectivity index (χ2v) is 5.32. The first-order valence-electron chi connectivity index (χ1n) is 6.95. The number of carbonyl (C=O) groups is 1. The highest BCUT2D eigenvalue weighted by atomic mass is 16.2. The van der Waals surface area contributed by atoms with Gasteiger partial charge in [0.05, 0.1) is 5.69 Å². The summed E-state index contributed by atoms with van der Waals surface area (Å²) < 4.78 is 1.57. The quantitative estimate of drug-likeness (QED) is 0.882. The molecule has 0 fully saturated rings. The van der Waals surface area contributed by atoms with E-state index >= 15 is 0 Å². The lowest BCUT2D eigenvalue weighted by atomic mass is 10.1. The number of urea groups is 1. The summed E-state index contributed by atoms with van der Waals surface area (Å²) in [5.41, 5.74) is 2.56. The van der Waals surface area contributed by atoms with Crippen LogP contribution in [0, 0.1) is 12.8 Å². The number of benzene rings is 1. The van der Waals surface area contributed by atoms with Gasteiger partial charge in [0.2, 0.25) is 0 Å². The normalized spacial score (nSPS) is 10.7. The van der Waals surface area contributed by atoms with Gasteiger partial charge in [0, 0.05) is 12.2 Å². The number of carbonyl (C=O) groups excluding carboxylic acids is 1. The fourth-order valence-corrected chi connectivity index (χ4v) is 1.86. The van der Waals surface area contributed by atoms with Crippen molar-refractivity contribution in [2.24, 2.45) is 5.92 Å². The number of nitrogens with zero attached hydrogens (tertiary/aromatic N) is 4. The molecule has 21 heavy (non-hydrogen) atoms. The molecule has 2 amide bonds. The standard InChI is InChI=1S/C14H20N6O/c1-10(2)6-7-15-14(21)17-12-5-4-11(3)13(8-12)20-9-16-18-19-20/h4-5,8-10H,6-7H2,1-3H3,(H2,15,17,21). The van der Waals surface area contributed by atoms with E-state index < -0.39 is 0 Å². The average molecular weight is 288 g/mol. The maximum absolute atomic E-state index is 11.8. The molecular formula is C14H20N6O. The van der Waals surface area contributed by atoms with Crippen LogP contribution in [-0.2, 0) is 0 Å². The van der Waals surface area contributed by atoms with Gasteiger partial charge in [0.1, 0.15) is 6.33 Å². The summed E-state index contributed by atoms with van der Waals surface area (Å²) in [5.74, 6) is 0.566. The predicted octanol–water partition coefficient (Wildman–Crippen LogP) is 2.14. The molecular weight excluding hydrogens is 268 g/mol. The number of aromatic nitrogens is 4. The first-order chi connectivity index (χ1) is 10.1. The lowest BCUT2D eigenvalue weighted by Crippen LogP contribution is -2.30. The molecule has 0 aliphatic heterocycles. The van der Waals surface area contributed by atoms with Crippen molar-refractivity contribution < 1.29 is 4.79 Å². The molecule has 7 heteroatoms. The van der Waals surface area contributed by atoms with Crippen molar-refractivity contribution in [3.63, 3.8) is 0 Å². The molecule has 0 bridgehead atoms. The van der Waals surface area contributed by atoms with Crippen molar-refractivity contribution in [2.45, 2.75) is 27.2 Å². The minimum absolute atomic E-state index is 0.206. The van der Waals surface area contributed by atoms with Crippen LogP contribution in [0.5, 0.6) is 0 Å². The molecule has 0 spiro atoms. The zero-order valence-corrected chi connectivity index (χ0v) is 12.5. The minimum Gasteiger partial charge on any atom is -0.338 e. The SMILES string of the molecule is Cc1ccc(NC(=O)NCCC(C)C)cc1-n1cnnn1. The van der Waals surface area contributed by atoms with Crippen molar-refractivity contribution in [2.75, 3.05) is 11.9 Å². The summed E-state index contributed by atoms with van der Waals surface area (Å²) >= 11 is 0. The van der Waals surface area contributed by atoms with Crippen LogP contribution < -0.4 is 10.6 Å². The summed E-state index contributed by atoms with van der Waals surface area (Å²) in [7, 11) is 0. The van der Waals surface area contributed by atoms with Crippen LogP contribution in [0.25, 0.3) is 5.69 Å². The van der Waals surface area contributed by atoms with Gasteiger partial charge in [-0.25, -0.2) is 9.48 Å². The molecule has 0 saturated carbocycles. The molecule has 7 nitrogen and oxygen atoms in total. The third-order valence-electron chi connectivity index (χ3n) is 3.07. The number of nitrogens with one attached hydrogen (secondary N) is 2. The smallest absolute Gasteiger partial charge is 0.319 e. The fourth-order valence-electron chi connectivity index (χ4n) is 1.86. The van der Waals surface area contributed by atoms with Crippen LogP contribution in [0.3, 0.4) is 0 Å². The Hall–Kier alpha value is -2.44. The number of rotatable bonds is 5. The summed E-state index contributed by atoms with van der Waals surface area (Å²) in [6.45, 7) is 6.87. The van der Waals surface area contributed by atoms with Crippen molar-refractivity contribution in [3.05, 3.63) is 30.1 Å². The van der Waals surface area contributed by atoms with E-state index in [1.807, 2.05) is 25.1 Å². The third-order valence-corrected chi connectivity index (χ3v) is 3.07. The van der Waals surface area contributed by atoms with E-state index in [4.69, 9.17) is 0 Å². The lowest BCUT2D eigenvalue weighted by molar-refractivity contribution is 0.251. The van der Waals surface area contributed by atoms with Gasteiger partial charge < -0.3 is 10.6 Å². The van der Waals surface area contributed by atoms with Crippen LogP contribution in [0.2, 0.25) is 0 Å². The summed E-state index contributed by atoms with van der Waals surface area (Å²) in [4.78, 5) is 11.8. The second-order valence-electron chi connectivity index (χ2n) is 5.32. The Balaban J connectivity index is 2.01. The summed E-state index contributed by atoms with van der Waals surface area (Å²) in [6, 6.07) is 5.40. The minimum atomic E-state index is -0.206. The summed E-state index contributed by atoms with van der Waals surface area (Å²) in [5, 5.41) is 16.8. The molecule has 0 radical (unpaired) electrons. The molecule has 2 N–H and O–H groups in total. The van der Waals surface area contributed by atoms with Gasteiger partial charge in [-0.1, -0.05) is 19.9 Å². The highest BCUT2D eigenvalue weighted by Crippen LogP contribution is 2.18. The Morgan fingerprint density at radius 3 is 2.86 bits per heavy atom. The van der Waals surface area contributed by atoms with Gasteiger partial charge in [-0.3, -0.25) is 0 Å². The molecule has 0 saturated heterocycles. The Kier molecular flexibility index (Phi) is 4.86. The topological polar surface area (TPSA) is 84.7 Å². The zero-order chi connectivity index (χ0) is 15.2. The largest absolute Gasteiger partial charge is 0.338 e. The highest BCUT2D eigenvalue weighted by molar-refractivity contribution is 5.89. The first kappa shape index (κ1) is 15.0. The van der Waals surface area contributed by atoms with Gasteiger partial charge >= 0.3 is 6.03 Å². The van der Waals surface area contributed by atoms with Crippen LogP contribution in [0.1, 0.15) is 25.8 Å². The molecule has 1 aromatic heterocycles. The predicted molar refractivity (Wildman–Crippen MR) is 80.4 cm³/mol. The number of hydrogen-bond acceptors (Lipinski definition) is 4. The molecule has 112 valence electrons. The maximum Gasteiger partial charge on any atom is 0.319 e. The van der Waals surface area contributed by atoms with Crippen LogP contribution >= 0.6 is 0 Å². The Bertz CT molecular complexity index is 594. The molecule has 1 aromatic carbocycles. The zero-order valence-electron chi connectivity index (χ0n) is 12.5. The Morgan fingerprint density at radius 1 is 1.38 bits per heavy atom. The molecule has 0 aliphatic rings. The Morgan fingerprint density at radius 2 is 2.19 bits per heavy atom. The van der Waals surface area contributed by atoms with E-state index in [0.29, 0.717) is 18.2 Å². The molecule has 0 unspecified atom stereocenters. The van der Waals surface area contributed by atoms with Gasteiger partial charge in [0.25, 0.3) is 0 Å². The van der Waals surface area contributed by atoms with E-state index in [1.165, 1.54) is 6.33 Å². The van der Waals surface area contributed by atoms with Crippen LogP contribution in [0.4, 0.5) is 10.5 Å². The molecule has 1 heterocycles. The van der Waals surface area contributed by atoms with E-state index in [9.17, 15) is 4.79 Å². The van der Waals surface area contributed by atoms with Gasteiger partial charge in [-0.15, -0.1) is 5.10 Å².